The molecule has 0 saturated heterocycles. The zero-order valence-corrected chi connectivity index (χ0v) is 13.9. The van der Waals surface area contributed by atoms with Gasteiger partial charge >= 0.3 is 0 Å². The quantitative estimate of drug-likeness (QED) is 0.704. The SMILES string of the molecule is Cc1cccc(OCCCNc2nn3c(=O)cc(C)nc3s2)c1. The van der Waals surface area contributed by atoms with Gasteiger partial charge in [0.2, 0.25) is 10.1 Å². The Kier molecular flexibility index (Phi) is 4.57. The van der Waals surface area contributed by atoms with Gasteiger partial charge in [0.05, 0.1) is 6.61 Å². The third-order valence-corrected chi connectivity index (χ3v) is 4.09. The molecule has 0 aliphatic heterocycles. The number of rotatable bonds is 6. The van der Waals surface area contributed by atoms with E-state index >= 15 is 0 Å². The van der Waals surface area contributed by atoms with Gasteiger partial charge in [-0.25, -0.2) is 4.98 Å². The van der Waals surface area contributed by atoms with Gasteiger partial charge in [-0.1, -0.05) is 23.5 Å². The maximum Gasteiger partial charge on any atom is 0.275 e. The minimum Gasteiger partial charge on any atom is -0.494 e. The minimum atomic E-state index is -0.153. The van der Waals surface area contributed by atoms with Crippen molar-refractivity contribution in [3.8, 4) is 5.75 Å². The van der Waals surface area contributed by atoms with E-state index in [1.807, 2.05) is 31.2 Å². The van der Waals surface area contributed by atoms with Crippen molar-refractivity contribution in [2.75, 3.05) is 18.5 Å². The summed E-state index contributed by atoms with van der Waals surface area (Å²) in [5, 5.41) is 8.13. The molecule has 23 heavy (non-hydrogen) atoms. The molecular formula is C16H18N4O2S. The maximum absolute atomic E-state index is 11.8. The van der Waals surface area contributed by atoms with Gasteiger partial charge in [-0.05, 0) is 38.0 Å². The molecule has 1 N–H and O–H groups in total. The van der Waals surface area contributed by atoms with Crippen LogP contribution in [0.5, 0.6) is 5.75 Å². The van der Waals surface area contributed by atoms with E-state index in [-0.39, 0.29) is 5.56 Å². The molecule has 0 spiro atoms. The predicted molar refractivity (Wildman–Crippen MR) is 91.7 cm³/mol. The second-order valence-corrected chi connectivity index (χ2v) is 6.24. The number of fused-ring (bicyclic) bond motifs is 1. The molecule has 0 aliphatic carbocycles. The highest BCUT2D eigenvalue weighted by Crippen LogP contribution is 2.16. The predicted octanol–water partition coefficient (Wildman–Crippen LogP) is 2.65. The third kappa shape index (κ3) is 3.87. The zero-order chi connectivity index (χ0) is 16.2. The molecule has 0 unspecified atom stereocenters. The molecule has 0 radical (unpaired) electrons. The molecular weight excluding hydrogens is 312 g/mol. The highest BCUT2D eigenvalue weighted by molar-refractivity contribution is 7.20. The molecule has 0 aliphatic rings. The normalized spacial score (nSPS) is 10.9. The first kappa shape index (κ1) is 15.5. The molecule has 3 aromatic rings. The van der Waals surface area contributed by atoms with Crippen LogP contribution in [0.25, 0.3) is 4.96 Å². The van der Waals surface area contributed by atoms with Crippen LogP contribution in [0.3, 0.4) is 0 Å². The van der Waals surface area contributed by atoms with Gasteiger partial charge in [0, 0.05) is 18.3 Å². The minimum absolute atomic E-state index is 0.153. The van der Waals surface area contributed by atoms with Gasteiger partial charge < -0.3 is 10.1 Å². The molecule has 6 nitrogen and oxygen atoms in total. The summed E-state index contributed by atoms with van der Waals surface area (Å²) < 4.78 is 7.02. The first-order valence-electron chi connectivity index (χ1n) is 7.43. The number of benzene rings is 1. The fourth-order valence-corrected chi connectivity index (χ4v) is 3.03. The van der Waals surface area contributed by atoms with Crippen LogP contribution in [0.1, 0.15) is 17.7 Å². The number of ether oxygens (including phenoxy) is 1. The average Bonchev–Trinajstić information content (AvgIpc) is 2.90. The molecule has 1 aromatic carbocycles. The number of nitrogens with zero attached hydrogens (tertiary/aromatic N) is 3. The number of hydrogen-bond acceptors (Lipinski definition) is 6. The molecule has 120 valence electrons. The fraction of sp³-hybridized carbons (Fsp3) is 0.312. The van der Waals surface area contributed by atoms with Crippen molar-refractivity contribution in [2.45, 2.75) is 20.3 Å². The van der Waals surface area contributed by atoms with Crippen LogP contribution in [0.15, 0.2) is 35.1 Å². The second-order valence-electron chi connectivity index (χ2n) is 5.28. The van der Waals surface area contributed by atoms with E-state index in [2.05, 4.69) is 15.4 Å². The fourth-order valence-electron chi connectivity index (χ4n) is 2.15. The summed E-state index contributed by atoms with van der Waals surface area (Å²) in [6, 6.07) is 9.47. The summed E-state index contributed by atoms with van der Waals surface area (Å²) in [5.41, 5.74) is 1.74. The van der Waals surface area contributed by atoms with Crippen LogP contribution in [0, 0.1) is 13.8 Å². The first-order chi connectivity index (χ1) is 11.1. The van der Waals surface area contributed by atoms with Crippen LogP contribution < -0.4 is 15.6 Å². The van der Waals surface area contributed by atoms with Gasteiger partial charge in [0.1, 0.15) is 5.75 Å². The van der Waals surface area contributed by atoms with E-state index in [1.165, 1.54) is 27.5 Å². The molecule has 2 heterocycles. The maximum atomic E-state index is 11.8. The summed E-state index contributed by atoms with van der Waals surface area (Å²) in [6.45, 7) is 5.19. The lowest BCUT2D eigenvalue weighted by Gasteiger charge is -2.06. The summed E-state index contributed by atoms with van der Waals surface area (Å²) in [4.78, 5) is 16.7. The topological polar surface area (TPSA) is 68.5 Å². The number of anilines is 1. The lowest BCUT2D eigenvalue weighted by Crippen LogP contribution is -2.14. The standard InChI is InChI=1S/C16H18N4O2S/c1-11-5-3-6-13(9-11)22-8-4-7-17-15-19-20-14(21)10-12(2)18-16(20)23-15/h3,5-6,9-10H,4,7-8H2,1-2H3,(H,17,19). The van der Waals surface area contributed by atoms with E-state index in [0.717, 1.165) is 18.7 Å². The summed E-state index contributed by atoms with van der Waals surface area (Å²) in [7, 11) is 0. The van der Waals surface area contributed by atoms with Crippen molar-refractivity contribution < 1.29 is 4.74 Å². The molecule has 2 aromatic heterocycles. The second kappa shape index (κ2) is 6.78. The van der Waals surface area contributed by atoms with E-state index in [0.29, 0.717) is 22.4 Å². The largest absolute Gasteiger partial charge is 0.494 e. The van der Waals surface area contributed by atoms with Crippen LogP contribution in [-0.4, -0.2) is 27.7 Å². The van der Waals surface area contributed by atoms with Gasteiger partial charge in [-0.2, -0.15) is 4.52 Å². The van der Waals surface area contributed by atoms with Crippen molar-refractivity contribution in [2.24, 2.45) is 0 Å². The lowest BCUT2D eigenvalue weighted by atomic mass is 10.2. The molecule has 0 amide bonds. The average molecular weight is 330 g/mol. The Morgan fingerprint density at radius 1 is 1.30 bits per heavy atom. The van der Waals surface area contributed by atoms with Crippen LogP contribution in [0.4, 0.5) is 5.13 Å². The van der Waals surface area contributed by atoms with Crippen molar-refractivity contribution in [3.05, 3.63) is 51.9 Å². The van der Waals surface area contributed by atoms with E-state index in [9.17, 15) is 4.79 Å². The Morgan fingerprint density at radius 2 is 2.17 bits per heavy atom. The molecule has 0 fully saturated rings. The molecule has 3 rings (SSSR count). The first-order valence-corrected chi connectivity index (χ1v) is 8.24. The van der Waals surface area contributed by atoms with Gasteiger partial charge in [0.25, 0.3) is 5.56 Å². The van der Waals surface area contributed by atoms with E-state index < -0.39 is 0 Å². The van der Waals surface area contributed by atoms with Crippen LogP contribution in [0.2, 0.25) is 0 Å². The highest BCUT2D eigenvalue weighted by atomic mass is 32.1. The van der Waals surface area contributed by atoms with Crippen molar-refractivity contribution >= 4 is 21.4 Å². The monoisotopic (exact) mass is 330 g/mol. The third-order valence-electron chi connectivity index (χ3n) is 3.23. The Hall–Kier alpha value is -2.41. The van der Waals surface area contributed by atoms with Gasteiger partial charge in [-0.15, -0.1) is 5.10 Å². The van der Waals surface area contributed by atoms with Crippen LogP contribution in [-0.2, 0) is 0 Å². The Balaban J connectivity index is 1.51. The molecule has 0 atom stereocenters. The van der Waals surface area contributed by atoms with Gasteiger partial charge in [0.15, 0.2) is 0 Å². The number of nitrogens with one attached hydrogen (secondary N) is 1. The Bertz CT molecular complexity index is 872. The smallest absolute Gasteiger partial charge is 0.275 e. The van der Waals surface area contributed by atoms with Crippen molar-refractivity contribution in [3.63, 3.8) is 0 Å². The highest BCUT2D eigenvalue weighted by Gasteiger charge is 2.06. The number of hydrogen-bond donors (Lipinski definition) is 1. The molecule has 0 bridgehead atoms. The number of aromatic nitrogens is 3. The lowest BCUT2D eigenvalue weighted by molar-refractivity contribution is 0.315. The zero-order valence-electron chi connectivity index (χ0n) is 13.1. The van der Waals surface area contributed by atoms with E-state index in [1.54, 1.807) is 6.92 Å². The molecule has 7 heteroatoms. The summed E-state index contributed by atoms with van der Waals surface area (Å²) >= 11 is 1.37. The van der Waals surface area contributed by atoms with E-state index in [4.69, 9.17) is 4.74 Å². The van der Waals surface area contributed by atoms with Crippen molar-refractivity contribution in [1.29, 1.82) is 0 Å². The molecule has 0 saturated carbocycles. The summed E-state index contributed by atoms with van der Waals surface area (Å²) in [5.74, 6) is 0.885. The Labute approximate surface area is 137 Å². The Morgan fingerprint density at radius 3 is 3.00 bits per heavy atom. The number of aryl methyl sites for hydroxylation is 2. The van der Waals surface area contributed by atoms with Gasteiger partial charge in [-0.3, -0.25) is 4.79 Å². The van der Waals surface area contributed by atoms with Crippen molar-refractivity contribution in [1.82, 2.24) is 14.6 Å². The van der Waals surface area contributed by atoms with Crippen LogP contribution >= 0.6 is 11.3 Å². The summed E-state index contributed by atoms with van der Waals surface area (Å²) in [6.07, 6.45) is 0.839.